The van der Waals surface area contributed by atoms with Crippen LogP contribution in [0.3, 0.4) is 0 Å². The predicted octanol–water partition coefficient (Wildman–Crippen LogP) is 3.23. The number of anilines is 1. The van der Waals surface area contributed by atoms with Crippen molar-refractivity contribution in [3.8, 4) is 5.75 Å². The van der Waals surface area contributed by atoms with Gasteiger partial charge in [-0.3, -0.25) is 4.99 Å². The Bertz CT molecular complexity index is 418. The molecule has 2 rings (SSSR count). The Morgan fingerprint density at radius 3 is 2.94 bits per heavy atom. The first-order valence-corrected chi connectivity index (χ1v) is 6.79. The Balaban J connectivity index is 2.04. The summed E-state index contributed by atoms with van der Waals surface area (Å²) in [4.78, 5) is 4.67. The van der Waals surface area contributed by atoms with Crippen LogP contribution in [0.15, 0.2) is 29.3 Å². The highest BCUT2D eigenvalue weighted by atomic mass is 32.2. The van der Waals surface area contributed by atoms with Crippen LogP contribution < -0.4 is 10.1 Å². The number of rotatable bonds is 3. The molecule has 1 aromatic carbocycles. The van der Waals surface area contributed by atoms with Gasteiger partial charge in [0, 0.05) is 17.5 Å². The molecule has 1 aliphatic rings. The molecule has 0 saturated heterocycles. The molecule has 0 saturated carbocycles. The standard InChI is InChI=1S/C13H18N2OS/c1-9(2)12-8-17-13(15-12)14-10-5-4-6-11(7-10)16-3/h4-7,9,12H,8H2,1-3H3,(H,14,15)/t12-/m1/s1. The van der Waals surface area contributed by atoms with E-state index in [1.807, 2.05) is 24.3 Å². The van der Waals surface area contributed by atoms with Crippen LogP contribution in [0, 0.1) is 5.92 Å². The van der Waals surface area contributed by atoms with Crippen LogP contribution in [0.1, 0.15) is 13.8 Å². The summed E-state index contributed by atoms with van der Waals surface area (Å²) in [6.07, 6.45) is 0. The minimum Gasteiger partial charge on any atom is -0.497 e. The fourth-order valence-electron chi connectivity index (χ4n) is 1.62. The number of methoxy groups -OCH3 is 1. The van der Waals surface area contributed by atoms with E-state index in [-0.39, 0.29) is 0 Å². The lowest BCUT2D eigenvalue weighted by Crippen LogP contribution is -2.12. The minimum atomic E-state index is 0.438. The second-order valence-electron chi connectivity index (χ2n) is 4.41. The van der Waals surface area contributed by atoms with Gasteiger partial charge >= 0.3 is 0 Å². The number of hydrogen-bond donors (Lipinski definition) is 1. The van der Waals surface area contributed by atoms with Gasteiger partial charge in [0.05, 0.1) is 13.2 Å². The van der Waals surface area contributed by atoms with E-state index in [9.17, 15) is 0 Å². The van der Waals surface area contributed by atoms with Crippen molar-refractivity contribution in [2.75, 3.05) is 18.2 Å². The van der Waals surface area contributed by atoms with Gasteiger partial charge in [0.1, 0.15) is 5.75 Å². The molecule has 0 aromatic heterocycles. The molecule has 0 bridgehead atoms. The summed E-state index contributed by atoms with van der Waals surface area (Å²) in [5, 5.41) is 4.34. The molecule has 0 unspecified atom stereocenters. The van der Waals surface area contributed by atoms with Gasteiger partial charge in [0.15, 0.2) is 5.17 Å². The average molecular weight is 250 g/mol. The van der Waals surface area contributed by atoms with E-state index in [0.717, 1.165) is 22.4 Å². The molecule has 0 spiro atoms. The molecular formula is C13H18N2OS. The van der Waals surface area contributed by atoms with Crippen molar-refractivity contribution in [1.82, 2.24) is 0 Å². The SMILES string of the molecule is COc1cccc(NC2=N[C@@H](C(C)C)CS2)c1. The van der Waals surface area contributed by atoms with Crippen molar-refractivity contribution in [1.29, 1.82) is 0 Å². The van der Waals surface area contributed by atoms with Gasteiger partial charge in [-0.1, -0.05) is 31.7 Å². The van der Waals surface area contributed by atoms with Crippen molar-refractivity contribution in [3.63, 3.8) is 0 Å². The Labute approximate surface area is 107 Å². The number of ether oxygens (including phenoxy) is 1. The van der Waals surface area contributed by atoms with Gasteiger partial charge in [0.25, 0.3) is 0 Å². The average Bonchev–Trinajstić information content (AvgIpc) is 2.78. The first-order valence-electron chi connectivity index (χ1n) is 5.80. The molecule has 1 aliphatic heterocycles. The van der Waals surface area contributed by atoms with Crippen LogP contribution >= 0.6 is 11.8 Å². The summed E-state index contributed by atoms with van der Waals surface area (Å²) in [6, 6.07) is 8.35. The fraction of sp³-hybridized carbons (Fsp3) is 0.462. The number of hydrogen-bond acceptors (Lipinski definition) is 4. The minimum absolute atomic E-state index is 0.438. The molecule has 3 nitrogen and oxygen atoms in total. The lowest BCUT2D eigenvalue weighted by atomic mass is 10.1. The van der Waals surface area contributed by atoms with E-state index in [0.29, 0.717) is 12.0 Å². The van der Waals surface area contributed by atoms with Crippen molar-refractivity contribution >= 4 is 22.6 Å². The van der Waals surface area contributed by atoms with Gasteiger partial charge in [-0.05, 0) is 18.1 Å². The normalized spacial score (nSPS) is 19.3. The Morgan fingerprint density at radius 2 is 2.29 bits per heavy atom. The quantitative estimate of drug-likeness (QED) is 0.894. The van der Waals surface area contributed by atoms with Gasteiger partial charge < -0.3 is 10.1 Å². The van der Waals surface area contributed by atoms with E-state index in [1.54, 1.807) is 18.9 Å². The van der Waals surface area contributed by atoms with E-state index >= 15 is 0 Å². The molecule has 0 amide bonds. The molecule has 1 atom stereocenters. The van der Waals surface area contributed by atoms with Gasteiger partial charge in [-0.15, -0.1) is 0 Å². The van der Waals surface area contributed by atoms with Crippen LogP contribution in [-0.4, -0.2) is 24.1 Å². The molecular weight excluding hydrogens is 232 g/mol. The summed E-state index contributed by atoms with van der Waals surface area (Å²) in [7, 11) is 1.68. The number of aliphatic imine (C=N–C) groups is 1. The zero-order valence-electron chi connectivity index (χ0n) is 10.4. The maximum atomic E-state index is 5.19. The van der Waals surface area contributed by atoms with Crippen molar-refractivity contribution in [2.24, 2.45) is 10.9 Å². The molecule has 4 heteroatoms. The molecule has 0 radical (unpaired) electrons. The van der Waals surface area contributed by atoms with Crippen molar-refractivity contribution < 1.29 is 4.74 Å². The first kappa shape index (κ1) is 12.3. The smallest absolute Gasteiger partial charge is 0.161 e. The van der Waals surface area contributed by atoms with Crippen LogP contribution in [0.5, 0.6) is 5.75 Å². The maximum absolute atomic E-state index is 5.19. The Morgan fingerprint density at radius 1 is 1.47 bits per heavy atom. The van der Waals surface area contributed by atoms with E-state index < -0.39 is 0 Å². The maximum Gasteiger partial charge on any atom is 0.161 e. The molecule has 1 aromatic rings. The summed E-state index contributed by atoms with van der Waals surface area (Å²) >= 11 is 1.79. The van der Waals surface area contributed by atoms with Gasteiger partial charge in [-0.25, -0.2) is 0 Å². The van der Waals surface area contributed by atoms with Crippen molar-refractivity contribution in [2.45, 2.75) is 19.9 Å². The lowest BCUT2D eigenvalue weighted by Gasteiger charge is -2.08. The van der Waals surface area contributed by atoms with Crippen LogP contribution in [-0.2, 0) is 0 Å². The molecule has 0 aliphatic carbocycles. The predicted molar refractivity (Wildman–Crippen MR) is 75.1 cm³/mol. The fourth-order valence-corrected chi connectivity index (χ4v) is 2.81. The lowest BCUT2D eigenvalue weighted by molar-refractivity contribution is 0.415. The summed E-state index contributed by atoms with van der Waals surface area (Å²) in [5.41, 5.74) is 1.03. The second kappa shape index (κ2) is 5.45. The van der Waals surface area contributed by atoms with Crippen molar-refractivity contribution in [3.05, 3.63) is 24.3 Å². The Kier molecular flexibility index (Phi) is 3.94. The third kappa shape index (κ3) is 3.16. The molecule has 17 heavy (non-hydrogen) atoms. The third-order valence-electron chi connectivity index (χ3n) is 2.76. The molecule has 1 N–H and O–H groups in total. The summed E-state index contributed by atoms with van der Waals surface area (Å²) in [6.45, 7) is 4.42. The highest BCUT2D eigenvalue weighted by Gasteiger charge is 2.20. The highest BCUT2D eigenvalue weighted by molar-refractivity contribution is 8.14. The van der Waals surface area contributed by atoms with Crippen LogP contribution in [0.4, 0.5) is 5.69 Å². The summed E-state index contributed by atoms with van der Waals surface area (Å²) in [5.74, 6) is 2.54. The van der Waals surface area contributed by atoms with Crippen LogP contribution in [0.2, 0.25) is 0 Å². The molecule has 1 heterocycles. The second-order valence-corrected chi connectivity index (χ2v) is 5.42. The van der Waals surface area contributed by atoms with Gasteiger partial charge in [0.2, 0.25) is 0 Å². The topological polar surface area (TPSA) is 33.6 Å². The number of benzene rings is 1. The highest BCUT2D eigenvalue weighted by Crippen LogP contribution is 2.25. The molecule has 92 valence electrons. The van der Waals surface area contributed by atoms with E-state index in [2.05, 4.69) is 24.2 Å². The van der Waals surface area contributed by atoms with E-state index in [4.69, 9.17) is 4.74 Å². The Hall–Kier alpha value is -1.16. The largest absolute Gasteiger partial charge is 0.497 e. The van der Waals surface area contributed by atoms with Gasteiger partial charge in [-0.2, -0.15) is 0 Å². The first-order chi connectivity index (χ1) is 8.19. The zero-order chi connectivity index (χ0) is 12.3. The molecule has 0 fully saturated rings. The third-order valence-corrected chi connectivity index (χ3v) is 3.75. The van der Waals surface area contributed by atoms with E-state index in [1.165, 1.54) is 0 Å². The summed E-state index contributed by atoms with van der Waals surface area (Å²) < 4.78 is 5.19. The number of thioether (sulfide) groups is 1. The number of nitrogens with one attached hydrogen (secondary N) is 1. The van der Waals surface area contributed by atoms with Crippen LogP contribution in [0.25, 0.3) is 0 Å². The zero-order valence-corrected chi connectivity index (χ0v) is 11.3. The number of nitrogens with zero attached hydrogens (tertiary/aromatic N) is 1. The monoisotopic (exact) mass is 250 g/mol. The number of amidine groups is 1.